The van der Waals surface area contributed by atoms with Crippen molar-refractivity contribution in [2.45, 2.75) is 6.04 Å². The Hall–Kier alpha value is -1.94. The molecule has 4 nitrogen and oxygen atoms in total. The normalized spacial score (nSPS) is 12.1. The van der Waals surface area contributed by atoms with Crippen LogP contribution in [0.4, 0.5) is 0 Å². The first-order valence-electron chi connectivity index (χ1n) is 4.98. The van der Waals surface area contributed by atoms with Gasteiger partial charge in [0, 0.05) is 12.4 Å². The lowest BCUT2D eigenvalue weighted by atomic mass is 10.1. The van der Waals surface area contributed by atoms with E-state index in [0.29, 0.717) is 11.6 Å². The van der Waals surface area contributed by atoms with Crippen molar-refractivity contribution in [1.29, 1.82) is 0 Å². The Morgan fingerprint density at radius 2 is 1.81 bits per heavy atom. The fraction of sp³-hybridized carbons (Fsp3) is 0.167. The second-order valence-corrected chi connectivity index (χ2v) is 3.34. The zero-order valence-corrected chi connectivity index (χ0v) is 9.00. The van der Waals surface area contributed by atoms with Crippen LogP contribution < -0.4 is 10.5 Å². The molecular weight excluding hydrogens is 202 g/mol. The van der Waals surface area contributed by atoms with E-state index in [4.69, 9.17) is 10.5 Å². The van der Waals surface area contributed by atoms with Gasteiger partial charge in [-0.15, -0.1) is 0 Å². The van der Waals surface area contributed by atoms with E-state index in [2.05, 4.69) is 9.97 Å². The molecule has 0 saturated carbocycles. The summed E-state index contributed by atoms with van der Waals surface area (Å²) in [5.41, 5.74) is 7.75. The number of aromatic nitrogens is 2. The topological polar surface area (TPSA) is 61.0 Å². The molecule has 0 radical (unpaired) electrons. The van der Waals surface area contributed by atoms with E-state index in [-0.39, 0.29) is 6.04 Å². The lowest BCUT2D eigenvalue weighted by Gasteiger charge is -2.13. The van der Waals surface area contributed by atoms with Crippen molar-refractivity contribution in [1.82, 2.24) is 9.97 Å². The van der Waals surface area contributed by atoms with Crippen LogP contribution in [0.1, 0.15) is 17.3 Å². The largest absolute Gasteiger partial charge is 0.480 e. The van der Waals surface area contributed by atoms with Crippen molar-refractivity contribution in [3.05, 3.63) is 54.0 Å². The fourth-order valence-electron chi connectivity index (χ4n) is 1.52. The molecule has 0 fully saturated rings. The first-order chi connectivity index (χ1) is 7.83. The summed E-state index contributed by atoms with van der Waals surface area (Å²) in [6.07, 6.45) is 3.20. The molecule has 1 atom stereocenters. The van der Waals surface area contributed by atoms with Crippen LogP contribution in [-0.4, -0.2) is 17.1 Å². The molecule has 2 aromatic rings. The molecule has 0 bridgehead atoms. The molecule has 0 amide bonds. The van der Waals surface area contributed by atoms with Crippen LogP contribution >= 0.6 is 0 Å². The molecule has 1 unspecified atom stereocenters. The molecule has 2 rings (SSSR count). The van der Waals surface area contributed by atoms with E-state index in [1.54, 1.807) is 19.5 Å². The second-order valence-electron chi connectivity index (χ2n) is 3.34. The van der Waals surface area contributed by atoms with E-state index in [1.807, 2.05) is 30.3 Å². The van der Waals surface area contributed by atoms with Crippen molar-refractivity contribution >= 4 is 0 Å². The first-order valence-corrected chi connectivity index (χ1v) is 4.98. The Bertz CT molecular complexity index is 459. The van der Waals surface area contributed by atoms with Crippen LogP contribution in [-0.2, 0) is 0 Å². The average Bonchev–Trinajstić information content (AvgIpc) is 2.39. The number of ether oxygens (including phenoxy) is 1. The van der Waals surface area contributed by atoms with Gasteiger partial charge in [0.25, 0.3) is 0 Å². The highest BCUT2D eigenvalue weighted by atomic mass is 16.5. The van der Waals surface area contributed by atoms with Crippen LogP contribution in [0.25, 0.3) is 0 Å². The van der Waals surface area contributed by atoms with Gasteiger partial charge in [-0.25, -0.2) is 4.98 Å². The standard InChI is InChI=1S/C12H13N3O/c1-16-12-11(14-7-8-15-12)10(13)9-5-3-2-4-6-9/h2-8,10H,13H2,1H3. The number of nitrogens with two attached hydrogens (primary N) is 1. The minimum absolute atomic E-state index is 0.315. The number of methoxy groups -OCH3 is 1. The number of hydrogen-bond donors (Lipinski definition) is 1. The second kappa shape index (κ2) is 4.72. The summed E-state index contributed by atoms with van der Waals surface area (Å²) in [6, 6.07) is 9.43. The van der Waals surface area contributed by atoms with Crippen molar-refractivity contribution < 1.29 is 4.74 Å². The number of benzene rings is 1. The lowest BCUT2D eigenvalue weighted by Crippen LogP contribution is -2.15. The summed E-state index contributed by atoms with van der Waals surface area (Å²) in [5.74, 6) is 0.471. The monoisotopic (exact) mass is 215 g/mol. The zero-order valence-electron chi connectivity index (χ0n) is 9.00. The molecule has 4 heteroatoms. The zero-order chi connectivity index (χ0) is 11.4. The van der Waals surface area contributed by atoms with Crippen molar-refractivity contribution in [2.24, 2.45) is 5.73 Å². The third kappa shape index (κ3) is 2.01. The maximum absolute atomic E-state index is 6.11. The molecule has 1 heterocycles. The molecule has 0 aliphatic rings. The van der Waals surface area contributed by atoms with Gasteiger partial charge < -0.3 is 10.5 Å². The van der Waals surface area contributed by atoms with Crippen molar-refractivity contribution in [3.63, 3.8) is 0 Å². The molecule has 1 aromatic heterocycles. The molecule has 1 aromatic carbocycles. The molecule has 0 aliphatic carbocycles. The van der Waals surface area contributed by atoms with Crippen LogP contribution in [0, 0.1) is 0 Å². The van der Waals surface area contributed by atoms with Gasteiger partial charge in [0.2, 0.25) is 5.88 Å². The highest BCUT2D eigenvalue weighted by Crippen LogP contribution is 2.23. The van der Waals surface area contributed by atoms with E-state index in [9.17, 15) is 0 Å². The fourth-order valence-corrected chi connectivity index (χ4v) is 1.52. The van der Waals surface area contributed by atoms with Gasteiger partial charge in [0.05, 0.1) is 13.2 Å². The highest BCUT2D eigenvalue weighted by molar-refractivity contribution is 5.31. The van der Waals surface area contributed by atoms with Crippen LogP contribution in [0.3, 0.4) is 0 Å². The van der Waals surface area contributed by atoms with E-state index in [1.165, 1.54) is 0 Å². The first kappa shape index (κ1) is 10.6. The average molecular weight is 215 g/mol. The predicted octanol–water partition coefficient (Wildman–Crippen LogP) is 1.53. The quantitative estimate of drug-likeness (QED) is 0.843. The van der Waals surface area contributed by atoms with Gasteiger partial charge >= 0.3 is 0 Å². The maximum atomic E-state index is 6.11. The Morgan fingerprint density at radius 1 is 1.12 bits per heavy atom. The van der Waals surface area contributed by atoms with Gasteiger partial charge in [-0.1, -0.05) is 30.3 Å². The van der Waals surface area contributed by atoms with Crippen molar-refractivity contribution in [2.75, 3.05) is 7.11 Å². The molecular formula is C12H13N3O. The summed E-state index contributed by atoms with van der Waals surface area (Å²) in [6.45, 7) is 0. The smallest absolute Gasteiger partial charge is 0.237 e. The van der Waals surface area contributed by atoms with Crippen LogP contribution in [0.2, 0.25) is 0 Å². The summed E-state index contributed by atoms with van der Waals surface area (Å²) < 4.78 is 5.13. The predicted molar refractivity (Wildman–Crippen MR) is 61.1 cm³/mol. The molecule has 0 spiro atoms. The minimum atomic E-state index is -0.315. The minimum Gasteiger partial charge on any atom is -0.480 e. The summed E-state index contributed by atoms with van der Waals surface area (Å²) in [7, 11) is 1.56. The van der Waals surface area contributed by atoms with Gasteiger partial charge in [-0.2, -0.15) is 0 Å². The van der Waals surface area contributed by atoms with E-state index >= 15 is 0 Å². The van der Waals surface area contributed by atoms with Gasteiger partial charge in [-0.3, -0.25) is 4.98 Å². The molecule has 82 valence electrons. The maximum Gasteiger partial charge on any atom is 0.237 e. The van der Waals surface area contributed by atoms with Crippen LogP contribution in [0.5, 0.6) is 5.88 Å². The molecule has 0 aliphatic heterocycles. The Morgan fingerprint density at radius 3 is 2.50 bits per heavy atom. The molecule has 16 heavy (non-hydrogen) atoms. The number of rotatable bonds is 3. The van der Waals surface area contributed by atoms with E-state index < -0.39 is 0 Å². The number of hydrogen-bond acceptors (Lipinski definition) is 4. The van der Waals surface area contributed by atoms with E-state index in [0.717, 1.165) is 5.56 Å². The SMILES string of the molecule is COc1nccnc1C(N)c1ccccc1. The summed E-state index contributed by atoms with van der Waals surface area (Å²) in [5, 5.41) is 0. The van der Waals surface area contributed by atoms with Crippen molar-refractivity contribution in [3.8, 4) is 5.88 Å². The molecule has 0 saturated heterocycles. The van der Waals surface area contributed by atoms with Crippen LogP contribution in [0.15, 0.2) is 42.7 Å². The van der Waals surface area contributed by atoms with Gasteiger partial charge in [-0.05, 0) is 5.56 Å². The summed E-state index contributed by atoms with van der Waals surface area (Å²) in [4.78, 5) is 8.29. The summed E-state index contributed by atoms with van der Waals surface area (Å²) >= 11 is 0. The lowest BCUT2D eigenvalue weighted by molar-refractivity contribution is 0.387. The Balaban J connectivity index is 2.37. The van der Waals surface area contributed by atoms with Gasteiger partial charge in [0.15, 0.2) is 0 Å². The Labute approximate surface area is 94.1 Å². The third-order valence-electron chi connectivity index (χ3n) is 2.34. The highest BCUT2D eigenvalue weighted by Gasteiger charge is 2.15. The Kier molecular flexibility index (Phi) is 3.12. The number of nitrogens with zero attached hydrogens (tertiary/aromatic N) is 2. The third-order valence-corrected chi connectivity index (χ3v) is 2.34. The molecule has 2 N–H and O–H groups in total. The van der Waals surface area contributed by atoms with Gasteiger partial charge in [0.1, 0.15) is 5.69 Å².